The summed E-state index contributed by atoms with van der Waals surface area (Å²) in [6, 6.07) is 6.30. The summed E-state index contributed by atoms with van der Waals surface area (Å²) in [4.78, 5) is 4.59. The van der Waals surface area contributed by atoms with Gasteiger partial charge < -0.3 is 4.57 Å². The Morgan fingerprint density at radius 2 is 2.31 bits per heavy atom. The number of imidazole rings is 1. The maximum atomic E-state index is 4.59. The molecule has 2 aromatic rings. The van der Waals surface area contributed by atoms with Gasteiger partial charge in [0.2, 0.25) is 0 Å². The first-order chi connectivity index (χ1) is 6.34. The Labute approximate surface area is 84.7 Å². The van der Waals surface area contributed by atoms with Gasteiger partial charge in [-0.05, 0) is 24.6 Å². The quantitative estimate of drug-likeness (QED) is 0.688. The number of hydrogen-bond donors (Lipinski definition) is 0. The maximum absolute atomic E-state index is 4.59. The van der Waals surface area contributed by atoms with E-state index in [-0.39, 0.29) is 0 Å². The minimum absolute atomic E-state index is 1.11. The van der Waals surface area contributed by atoms with Crippen molar-refractivity contribution in [2.75, 3.05) is 0 Å². The second-order valence-corrected chi connectivity index (χ2v) is 4.33. The lowest BCUT2D eigenvalue weighted by atomic mass is 10.3. The molecule has 0 aliphatic carbocycles. The molecule has 0 fully saturated rings. The van der Waals surface area contributed by atoms with Crippen LogP contribution in [0.1, 0.15) is 12.2 Å². The van der Waals surface area contributed by atoms with Gasteiger partial charge in [-0.15, -0.1) is 0 Å². The minimum atomic E-state index is 1.11. The van der Waals surface area contributed by atoms with Gasteiger partial charge in [0.15, 0.2) is 0 Å². The Hall–Kier alpha value is -0.830. The van der Waals surface area contributed by atoms with Crippen LogP contribution in [0.25, 0.3) is 11.0 Å². The standard InChI is InChI=1S/C10H9BrN2/c11-7-3-4-9-8(6-7)12-10-2-1-5-13(9)10/h3-4,6H,1-2,5H2. The molecule has 1 aliphatic heterocycles. The maximum Gasteiger partial charge on any atom is 0.109 e. The van der Waals surface area contributed by atoms with Crippen molar-refractivity contribution in [1.82, 2.24) is 9.55 Å². The highest BCUT2D eigenvalue weighted by Crippen LogP contribution is 2.24. The molecule has 13 heavy (non-hydrogen) atoms. The molecule has 0 radical (unpaired) electrons. The van der Waals surface area contributed by atoms with Crippen LogP contribution in [0, 0.1) is 0 Å². The van der Waals surface area contributed by atoms with Crippen LogP contribution >= 0.6 is 15.9 Å². The molecular weight excluding hydrogens is 228 g/mol. The summed E-state index contributed by atoms with van der Waals surface area (Å²) in [5, 5.41) is 0. The second kappa shape index (κ2) is 2.58. The number of aromatic nitrogens is 2. The van der Waals surface area contributed by atoms with E-state index < -0.39 is 0 Å². The Morgan fingerprint density at radius 1 is 1.38 bits per heavy atom. The molecule has 0 amide bonds. The molecule has 3 rings (SSSR count). The predicted molar refractivity (Wildman–Crippen MR) is 55.8 cm³/mol. The number of nitrogens with zero attached hydrogens (tertiary/aromatic N) is 2. The largest absolute Gasteiger partial charge is 0.328 e. The third kappa shape index (κ3) is 1.03. The molecule has 3 heteroatoms. The van der Waals surface area contributed by atoms with Crippen molar-refractivity contribution in [2.45, 2.75) is 19.4 Å². The van der Waals surface area contributed by atoms with Gasteiger partial charge in [0.25, 0.3) is 0 Å². The van der Waals surface area contributed by atoms with Crippen LogP contribution in [0.5, 0.6) is 0 Å². The van der Waals surface area contributed by atoms with Crippen LogP contribution in [0.4, 0.5) is 0 Å². The summed E-state index contributed by atoms with van der Waals surface area (Å²) in [5.41, 5.74) is 2.39. The van der Waals surface area contributed by atoms with Gasteiger partial charge in [-0.2, -0.15) is 0 Å². The summed E-state index contributed by atoms with van der Waals surface area (Å²) in [6.07, 6.45) is 2.38. The SMILES string of the molecule is Brc1ccc2c(c1)nc1n2CCC1. The molecule has 1 aliphatic rings. The van der Waals surface area contributed by atoms with Crippen molar-refractivity contribution >= 4 is 27.0 Å². The van der Waals surface area contributed by atoms with Crippen molar-refractivity contribution in [1.29, 1.82) is 0 Å². The molecule has 0 saturated carbocycles. The number of halogens is 1. The summed E-state index contributed by atoms with van der Waals surface area (Å²) in [7, 11) is 0. The molecule has 66 valence electrons. The Morgan fingerprint density at radius 3 is 3.23 bits per heavy atom. The molecule has 2 heterocycles. The zero-order valence-electron chi connectivity index (χ0n) is 7.13. The van der Waals surface area contributed by atoms with Crippen LogP contribution in [0.3, 0.4) is 0 Å². The first-order valence-electron chi connectivity index (χ1n) is 4.49. The summed E-state index contributed by atoms with van der Waals surface area (Å²) in [5.74, 6) is 1.24. The molecule has 0 atom stereocenters. The smallest absolute Gasteiger partial charge is 0.109 e. The molecular formula is C10H9BrN2. The molecule has 1 aromatic carbocycles. The van der Waals surface area contributed by atoms with Crippen LogP contribution in [-0.2, 0) is 13.0 Å². The van der Waals surface area contributed by atoms with Crippen LogP contribution in [-0.4, -0.2) is 9.55 Å². The fourth-order valence-electron chi connectivity index (χ4n) is 1.99. The highest BCUT2D eigenvalue weighted by Gasteiger charge is 2.15. The highest BCUT2D eigenvalue weighted by atomic mass is 79.9. The minimum Gasteiger partial charge on any atom is -0.328 e. The lowest BCUT2D eigenvalue weighted by Crippen LogP contribution is -1.90. The normalized spacial score (nSPS) is 15.2. The number of aryl methyl sites for hydroxylation is 2. The second-order valence-electron chi connectivity index (χ2n) is 3.42. The predicted octanol–water partition coefficient (Wildman–Crippen LogP) is 2.75. The van der Waals surface area contributed by atoms with E-state index in [1.165, 1.54) is 17.8 Å². The van der Waals surface area contributed by atoms with Crippen molar-refractivity contribution < 1.29 is 0 Å². The molecule has 1 aromatic heterocycles. The van der Waals surface area contributed by atoms with E-state index in [9.17, 15) is 0 Å². The van der Waals surface area contributed by atoms with E-state index in [0.29, 0.717) is 0 Å². The first-order valence-corrected chi connectivity index (χ1v) is 5.28. The van der Waals surface area contributed by atoms with Crippen molar-refractivity contribution in [3.63, 3.8) is 0 Å². The fraction of sp³-hybridized carbons (Fsp3) is 0.300. The van der Waals surface area contributed by atoms with Gasteiger partial charge in [0.05, 0.1) is 11.0 Å². The van der Waals surface area contributed by atoms with Gasteiger partial charge in [-0.25, -0.2) is 4.98 Å². The van der Waals surface area contributed by atoms with Crippen LogP contribution in [0.2, 0.25) is 0 Å². The molecule has 0 spiro atoms. The van der Waals surface area contributed by atoms with E-state index >= 15 is 0 Å². The third-order valence-corrected chi connectivity index (χ3v) is 3.06. The molecule has 0 N–H and O–H groups in total. The van der Waals surface area contributed by atoms with Crippen LogP contribution < -0.4 is 0 Å². The molecule has 2 nitrogen and oxygen atoms in total. The van der Waals surface area contributed by atoms with Gasteiger partial charge >= 0.3 is 0 Å². The van der Waals surface area contributed by atoms with E-state index in [0.717, 1.165) is 23.0 Å². The van der Waals surface area contributed by atoms with Crippen molar-refractivity contribution in [3.05, 3.63) is 28.5 Å². The van der Waals surface area contributed by atoms with Crippen molar-refractivity contribution in [2.24, 2.45) is 0 Å². The monoisotopic (exact) mass is 236 g/mol. The Balaban J connectivity index is 2.38. The summed E-state index contributed by atoms with van der Waals surface area (Å²) >= 11 is 3.46. The van der Waals surface area contributed by atoms with E-state index in [1.807, 2.05) is 0 Å². The lowest BCUT2D eigenvalue weighted by Gasteiger charge is -1.97. The number of fused-ring (bicyclic) bond motifs is 3. The summed E-state index contributed by atoms with van der Waals surface area (Å²) < 4.78 is 3.43. The average molecular weight is 237 g/mol. The third-order valence-electron chi connectivity index (χ3n) is 2.57. The average Bonchev–Trinajstić information content (AvgIpc) is 2.62. The summed E-state index contributed by atoms with van der Waals surface area (Å²) in [6.45, 7) is 1.13. The van der Waals surface area contributed by atoms with E-state index in [4.69, 9.17) is 0 Å². The van der Waals surface area contributed by atoms with Crippen LogP contribution in [0.15, 0.2) is 22.7 Å². The van der Waals surface area contributed by atoms with Crippen molar-refractivity contribution in [3.8, 4) is 0 Å². The lowest BCUT2D eigenvalue weighted by molar-refractivity contribution is 0.771. The molecule has 0 bridgehead atoms. The van der Waals surface area contributed by atoms with Gasteiger partial charge in [-0.1, -0.05) is 15.9 Å². The zero-order valence-corrected chi connectivity index (χ0v) is 8.71. The number of rotatable bonds is 0. The van der Waals surface area contributed by atoms with E-state index in [1.54, 1.807) is 0 Å². The first kappa shape index (κ1) is 7.56. The van der Waals surface area contributed by atoms with Gasteiger partial charge in [0.1, 0.15) is 5.82 Å². The number of benzene rings is 1. The molecule has 0 unspecified atom stereocenters. The topological polar surface area (TPSA) is 17.8 Å². The van der Waals surface area contributed by atoms with Gasteiger partial charge in [-0.3, -0.25) is 0 Å². The Bertz CT molecular complexity index is 473. The highest BCUT2D eigenvalue weighted by molar-refractivity contribution is 9.10. The fourth-order valence-corrected chi connectivity index (χ4v) is 2.34. The van der Waals surface area contributed by atoms with Gasteiger partial charge in [0, 0.05) is 17.4 Å². The van der Waals surface area contributed by atoms with E-state index in [2.05, 4.69) is 43.7 Å². The zero-order chi connectivity index (χ0) is 8.84. The Kier molecular flexibility index (Phi) is 1.50. The number of hydrogen-bond acceptors (Lipinski definition) is 1. The molecule has 0 saturated heterocycles.